The normalized spacial score (nSPS) is 21.6. The molecular formula is C35H64N4O8. The molecule has 4 N–H and O–H groups in total. The summed E-state index contributed by atoms with van der Waals surface area (Å²) in [5.74, 6) is -5.03. The molecule has 0 aromatic rings. The number of rotatable bonds is 15. The van der Waals surface area contributed by atoms with Gasteiger partial charge in [0.1, 0.15) is 0 Å². The molecule has 2 aliphatic rings. The van der Waals surface area contributed by atoms with Gasteiger partial charge in [-0.1, -0.05) is 40.0 Å². The van der Waals surface area contributed by atoms with Crippen molar-refractivity contribution in [3.63, 3.8) is 0 Å². The van der Waals surface area contributed by atoms with Crippen molar-refractivity contribution < 1.29 is 39.1 Å². The van der Waals surface area contributed by atoms with Crippen molar-refractivity contribution in [3.8, 4) is 0 Å². The molecule has 272 valence electrons. The van der Waals surface area contributed by atoms with Gasteiger partial charge in [-0.3, -0.25) is 9.59 Å². The fraction of sp³-hybridized carbons (Fsp3) is 0.886. The van der Waals surface area contributed by atoms with E-state index in [1.54, 1.807) is 10.1 Å². The van der Waals surface area contributed by atoms with Crippen LogP contribution in [0.4, 0.5) is 9.59 Å². The zero-order valence-electron chi connectivity index (χ0n) is 31.0. The highest BCUT2D eigenvalue weighted by Gasteiger charge is 2.64. The van der Waals surface area contributed by atoms with E-state index in [1.807, 2.05) is 76.2 Å². The van der Waals surface area contributed by atoms with E-state index in [4.69, 9.17) is 9.68 Å². The topological polar surface area (TPSA) is 158 Å². The molecule has 0 bridgehead atoms. The maximum atomic E-state index is 13.1. The highest BCUT2D eigenvalue weighted by atomic mass is 16.7. The lowest BCUT2D eigenvalue weighted by molar-refractivity contribution is -0.278. The number of hydrogen-bond acceptors (Lipinski definition) is 8. The maximum Gasteiger partial charge on any atom is 0.426 e. The molecule has 0 aromatic carbocycles. The predicted octanol–water partition coefficient (Wildman–Crippen LogP) is 6.98. The van der Waals surface area contributed by atoms with Crippen molar-refractivity contribution >= 4 is 24.1 Å². The molecule has 0 spiro atoms. The number of nitrogens with zero attached hydrogens (tertiary/aromatic N) is 2. The van der Waals surface area contributed by atoms with Crippen LogP contribution in [0.1, 0.15) is 140 Å². The third kappa shape index (κ3) is 9.31. The summed E-state index contributed by atoms with van der Waals surface area (Å²) in [6, 6.07) is 0. The number of unbranched alkanes of at least 4 members (excludes halogenated alkanes) is 2. The first-order valence-electron chi connectivity index (χ1n) is 17.6. The molecule has 0 aromatic heterocycles. The van der Waals surface area contributed by atoms with Crippen molar-refractivity contribution in [3.05, 3.63) is 0 Å². The van der Waals surface area contributed by atoms with Crippen LogP contribution in [0.3, 0.4) is 0 Å². The van der Waals surface area contributed by atoms with Gasteiger partial charge in [0, 0.05) is 18.5 Å². The zero-order chi connectivity index (χ0) is 36.0. The molecule has 2 saturated heterocycles. The van der Waals surface area contributed by atoms with Crippen LogP contribution in [-0.2, 0) is 19.3 Å². The average molecular weight is 669 g/mol. The second-order valence-corrected chi connectivity index (χ2v) is 16.3. The zero-order valence-corrected chi connectivity index (χ0v) is 31.0. The Hall–Kier alpha value is -2.60. The van der Waals surface area contributed by atoms with Gasteiger partial charge in [-0.05, 0) is 112 Å². The van der Waals surface area contributed by atoms with E-state index in [0.717, 1.165) is 25.7 Å². The third-order valence-electron chi connectivity index (χ3n) is 10.4. The number of carboxylic acid groups (broad SMARTS) is 2. The highest BCUT2D eigenvalue weighted by molar-refractivity contribution is 5.94. The van der Waals surface area contributed by atoms with Gasteiger partial charge in [0.25, 0.3) is 0 Å². The fourth-order valence-corrected chi connectivity index (χ4v) is 9.10. The number of carboxylic acids is 2. The fourth-order valence-electron chi connectivity index (χ4n) is 9.10. The molecule has 47 heavy (non-hydrogen) atoms. The summed E-state index contributed by atoms with van der Waals surface area (Å²) in [5.41, 5.74) is -4.09. The van der Waals surface area contributed by atoms with Crippen LogP contribution in [0.2, 0.25) is 0 Å². The van der Waals surface area contributed by atoms with Crippen molar-refractivity contribution in [2.24, 2.45) is 23.2 Å². The number of nitrogens with one attached hydrogen (secondary N) is 2. The number of aliphatic carboxylic acids is 2. The summed E-state index contributed by atoms with van der Waals surface area (Å²) < 4.78 is 0. The van der Waals surface area contributed by atoms with Crippen molar-refractivity contribution in [2.45, 2.75) is 163 Å². The number of amides is 2. The first-order valence-corrected chi connectivity index (χ1v) is 17.6. The van der Waals surface area contributed by atoms with E-state index >= 15 is 0 Å². The second-order valence-electron chi connectivity index (χ2n) is 16.3. The molecule has 12 nitrogen and oxygen atoms in total. The molecule has 2 rings (SSSR count). The first-order chi connectivity index (χ1) is 21.6. The van der Waals surface area contributed by atoms with Crippen molar-refractivity contribution in [1.29, 1.82) is 0 Å². The van der Waals surface area contributed by atoms with Gasteiger partial charge < -0.3 is 30.5 Å². The SMILES string of the molecule is CCCCNC(=O)ON1C(C)(C)CC(C(CCC)(C2CC(C)(C)N(OC(=O)NCCCC)C(C)(C)C2)C(C(=O)O)C(=O)O)CC1(C)C. The Bertz CT molecular complexity index is 991. The molecule has 2 heterocycles. The number of carbonyl (C=O) groups excluding carboxylic acids is 2. The molecule has 0 saturated carbocycles. The lowest BCUT2D eigenvalue weighted by atomic mass is 9.48. The first kappa shape index (κ1) is 40.6. The van der Waals surface area contributed by atoms with E-state index in [1.165, 1.54) is 0 Å². The smallest absolute Gasteiger partial charge is 0.426 e. The number of hydroxylamine groups is 4. The van der Waals surface area contributed by atoms with Crippen molar-refractivity contribution in [1.82, 2.24) is 20.8 Å². The Morgan fingerprint density at radius 2 is 0.979 bits per heavy atom. The van der Waals surface area contributed by atoms with E-state index in [0.29, 0.717) is 51.6 Å². The molecule has 12 heteroatoms. The van der Waals surface area contributed by atoms with Gasteiger partial charge in [0.05, 0.1) is 22.2 Å². The van der Waals surface area contributed by atoms with Gasteiger partial charge in [-0.25, -0.2) is 9.59 Å². The Balaban J connectivity index is 2.63. The molecule has 0 aliphatic carbocycles. The number of carbonyl (C=O) groups is 4. The summed E-state index contributed by atoms with van der Waals surface area (Å²) in [6.45, 7) is 22.8. The molecule has 0 atom stereocenters. The Labute approximate surface area is 282 Å². The standard InChI is InChI=1S/C35H64N4O8/c1-12-15-18-36-29(44)46-38-31(4,5)20-24(21-32(38,6)7)35(17-14-3,26(27(40)41)28(42)43)25-22-33(8,9)39(34(10,11)23-25)47-30(45)37-19-16-13-2/h24-26H,12-23H2,1-11H3,(H,36,44)(H,37,45)(H,40,41)(H,42,43). The van der Waals surface area contributed by atoms with Crippen LogP contribution in [0, 0.1) is 23.2 Å². The van der Waals surface area contributed by atoms with Crippen LogP contribution in [-0.4, -0.2) is 79.7 Å². The van der Waals surface area contributed by atoms with Crippen LogP contribution in [0.25, 0.3) is 0 Å². The number of piperidine rings is 2. The highest BCUT2D eigenvalue weighted by Crippen LogP contribution is 2.61. The minimum absolute atomic E-state index is 0.339. The minimum Gasteiger partial charge on any atom is -0.481 e. The lowest BCUT2D eigenvalue weighted by Crippen LogP contribution is -2.68. The van der Waals surface area contributed by atoms with Gasteiger partial charge in [-0.2, -0.15) is 0 Å². The van der Waals surface area contributed by atoms with Crippen LogP contribution < -0.4 is 10.6 Å². The molecular weight excluding hydrogens is 604 g/mol. The largest absolute Gasteiger partial charge is 0.481 e. The molecule has 2 fully saturated rings. The van der Waals surface area contributed by atoms with Crippen molar-refractivity contribution in [2.75, 3.05) is 13.1 Å². The van der Waals surface area contributed by atoms with Crippen LogP contribution >= 0.6 is 0 Å². The summed E-state index contributed by atoms with van der Waals surface area (Å²) in [4.78, 5) is 63.7. The second kappa shape index (κ2) is 15.7. The predicted molar refractivity (Wildman–Crippen MR) is 180 cm³/mol. The lowest BCUT2D eigenvalue weighted by Gasteiger charge is -2.62. The Morgan fingerprint density at radius 3 is 1.23 bits per heavy atom. The van der Waals surface area contributed by atoms with Gasteiger partial charge in [0.15, 0.2) is 5.92 Å². The van der Waals surface area contributed by atoms with E-state index < -0.39 is 57.6 Å². The van der Waals surface area contributed by atoms with Crippen LogP contribution in [0.15, 0.2) is 0 Å². The van der Waals surface area contributed by atoms with Gasteiger partial charge >= 0.3 is 24.1 Å². The third-order valence-corrected chi connectivity index (χ3v) is 10.4. The molecule has 0 radical (unpaired) electrons. The Kier molecular flexibility index (Phi) is 13.6. The summed E-state index contributed by atoms with van der Waals surface area (Å²) in [5, 5.41) is 30.4. The van der Waals surface area contributed by atoms with Gasteiger partial charge in [0.2, 0.25) is 0 Å². The maximum absolute atomic E-state index is 13.1. The molecule has 2 aliphatic heterocycles. The summed E-state index contributed by atoms with van der Waals surface area (Å²) in [7, 11) is 0. The number of hydrogen-bond donors (Lipinski definition) is 4. The van der Waals surface area contributed by atoms with E-state index in [9.17, 15) is 29.4 Å². The monoisotopic (exact) mass is 668 g/mol. The molecule has 2 amide bonds. The van der Waals surface area contributed by atoms with Crippen LogP contribution in [0.5, 0.6) is 0 Å². The van der Waals surface area contributed by atoms with E-state index in [-0.39, 0.29) is 11.8 Å². The summed E-state index contributed by atoms with van der Waals surface area (Å²) >= 11 is 0. The van der Waals surface area contributed by atoms with E-state index in [2.05, 4.69) is 10.6 Å². The van der Waals surface area contributed by atoms with Gasteiger partial charge in [-0.15, -0.1) is 10.1 Å². The molecule has 0 unspecified atom stereocenters. The average Bonchev–Trinajstić information content (AvgIpc) is 2.91. The quantitative estimate of drug-likeness (QED) is 0.106. The minimum atomic E-state index is -1.66. The Morgan fingerprint density at radius 1 is 0.660 bits per heavy atom. The summed E-state index contributed by atoms with van der Waals surface area (Å²) in [6.07, 6.45) is 5.11.